The van der Waals surface area contributed by atoms with Crippen LogP contribution in [0.5, 0.6) is 0 Å². The van der Waals surface area contributed by atoms with E-state index in [0.717, 1.165) is 18.1 Å². The fourth-order valence-corrected chi connectivity index (χ4v) is 5.09. The van der Waals surface area contributed by atoms with Crippen LogP contribution in [0.2, 0.25) is 0 Å². The van der Waals surface area contributed by atoms with Crippen LogP contribution in [0.3, 0.4) is 0 Å². The second-order valence-electron chi connectivity index (χ2n) is 7.54. The Morgan fingerprint density at radius 2 is 2.00 bits per heavy atom. The zero-order valence-electron chi connectivity index (χ0n) is 13.8. The summed E-state index contributed by atoms with van der Waals surface area (Å²) in [6, 6.07) is 6.90. The Morgan fingerprint density at radius 1 is 1.29 bits per heavy atom. The van der Waals surface area contributed by atoms with Crippen LogP contribution in [-0.2, 0) is 5.41 Å². The van der Waals surface area contributed by atoms with Crippen molar-refractivity contribution in [1.82, 2.24) is 10.2 Å². The van der Waals surface area contributed by atoms with E-state index in [4.69, 9.17) is 0 Å². The third-order valence-electron chi connectivity index (χ3n) is 5.33. The van der Waals surface area contributed by atoms with E-state index in [1.807, 2.05) is 11.3 Å². The van der Waals surface area contributed by atoms with E-state index in [1.165, 1.54) is 50.1 Å². The SMILES string of the molecule is CCCNC1CC2CCC(C1)N2CC(C)(C)c1cccs1. The van der Waals surface area contributed by atoms with Gasteiger partial charge >= 0.3 is 0 Å². The van der Waals surface area contributed by atoms with Crippen LogP contribution >= 0.6 is 11.3 Å². The van der Waals surface area contributed by atoms with Crippen molar-refractivity contribution in [2.45, 2.75) is 76.4 Å². The molecule has 118 valence electrons. The van der Waals surface area contributed by atoms with Gasteiger partial charge in [0.25, 0.3) is 0 Å². The third kappa shape index (κ3) is 3.35. The van der Waals surface area contributed by atoms with Crippen molar-refractivity contribution < 1.29 is 0 Å². The monoisotopic (exact) mass is 306 g/mol. The van der Waals surface area contributed by atoms with Gasteiger partial charge in [0.05, 0.1) is 0 Å². The highest BCUT2D eigenvalue weighted by Gasteiger charge is 2.42. The molecule has 1 N–H and O–H groups in total. The Kier molecular flexibility index (Phi) is 4.72. The molecule has 0 aliphatic carbocycles. The fraction of sp³-hybridized carbons (Fsp3) is 0.778. The Hall–Kier alpha value is -0.380. The molecule has 0 spiro atoms. The Morgan fingerprint density at radius 3 is 2.57 bits per heavy atom. The van der Waals surface area contributed by atoms with E-state index in [-0.39, 0.29) is 0 Å². The molecule has 0 radical (unpaired) electrons. The number of hydrogen-bond acceptors (Lipinski definition) is 3. The van der Waals surface area contributed by atoms with Crippen molar-refractivity contribution in [3.05, 3.63) is 22.4 Å². The summed E-state index contributed by atoms with van der Waals surface area (Å²) in [7, 11) is 0. The van der Waals surface area contributed by atoms with Gasteiger partial charge < -0.3 is 5.32 Å². The van der Waals surface area contributed by atoms with Gasteiger partial charge in [-0.15, -0.1) is 11.3 Å². The standard InChI is InChI=1S/C18H30N2S/c1-4-9-19-14-11-15-7-8-16(12-14)20(15)13-18(2,3)17-6-5-10-21-17/h5-6,10,14-16,19H,4,7-9,11-13H2,1-3H3. The average molecular weight is 307 g/mol. The summed E-state index contributed by atoms with van der Waals surface area (Å²) in [5, 5.41) is 5.97. The van der Waals surface area contributed by atoms with E-state index in [2.05, 4.69) is 48.5 Å². The molecular weight excluding hydrogens is 276 g/mol. The van der Waals surface area contributed by atoms with Crippen molar-refractivity contribution >= 4 is 11.3 Å². The molecule has 3 rings (SSSR count). The van der Waals surface area contributed by atoms with Gasteiger partial charge in [0.15, 0.2) is 0 Å². The molecule has 1 aromatic rings. The molecule has 2 unspecified atom stereocenters. The summed E-state index contributed by atoms with van der Waals surface area (Å²) in [5.41, 5.74) is 0.290. The van der Waals surface area contributed by atoms with E-state index in [1.54, 1.807) is 0 Å². The van der Waals surface area contributed by atoms with Gasteiger partial charge in [-0.3, -0.25) is 4.90 Å². The smallest absolute Gasteiger partial charge is 0.0118 e. The maximum Gasteiger partial charge on any atom is 0.0118 e. The number of piperidine rings is 1. The molecule has 21 heavy (non-hydrogen) atoms. The molecule has 2 saturated heterocycles. The normalized spacial score (nSPS) is 30.0. The van der Waals surface area contributed by atoms with Gasteiger partial charge in [0.1, 0.15) is 0 Å². The Balaban J connectivity index is 1.63. The van der Waals surface area contributed by atoms with Crippen molar-refractivity contribution in [2.24, 2.45) is 0 Å². The predicted molar refractivity (Wildman–Crippen MR) is 92.2 cm³/mol. The average Bonchev–Trinajstić information content (AvgIpc) is 3.05. The van der Waals surface area contributed by atoms with E-state index in [0.29, 0.717) is 5.41 Å². The second-order valence-corrected chi connectivity index (χ2v) is 8.49. The number of fused-ring (bicyclic) bond motifs is 2. The summed E-state index contributed by atoms with van der Waals surface area (Å²) >= 11 is 1.91. The molecule has 2 aliphatic rings. The van der Waals surface area contributed by atoms with Gasteiger partial charge in [-0.1, -0.05) is 26.8 Å². The predicted octanol–water partition coefficient (Wildman–Crippen LogP) is 4.02. The third-order valence-corrected chi connectivity index (χ3v) is 6.57. The first-order valence-electron chi connectivity index (χ1n) is 8.63. The summed E-state index contributed by atoms with van der Waals surface area (Å²) in [4.78, 5) is 4.37. The molecule has 2 atom stereocenters. The number of nitrogens with one attached hydrogen (secondary N) is 1. The minimum atomic E-state index is 0.290. The lowest BCUT2D eigenvalue weighted by Crippen LogP contribution is -2.52. The minimum Gasteiger partial charge on any atom is -0.314 e. The van der Waals surface area contributed by atoms with Gasteiger partial charge in [-0.25, -0.2) is 0 Å². The maximum atomic E-state index is 3.76. The maximum absolute atomic E-state index is 3.76. The highest BCUT2D eigenvalue weighted by molar-refractivity contribution is 7.10. The van der Waals surface area contributed by atoms with Crippen molar-refractivity contribution in [2.75, 3.05) is 13.1 Å². The van der Waals surface area contributed by atoms with Crippen molar-refractivity contribution in [3.8, 4) is 0 Å². The van der Waals surface area contributed by atoms with Gasteiger partial charge in [0.2, 0.25) is 0 Å². The molecule has 2 fully saturated rings. The van der Waals surface area contributed by atoms with Crippen LogP contribution in [0.15, 0.2) is 17.5 Å². The van der Waals surface area contributed by atoms with E-state index in [9.17, 15) is 0 Å². The van der Waals surface area contributed by atoms with Gasteiger partial charge in [-0.2, -0.15) is 0 Å². The van der Waals surface area contributed by atoms with Gasteiger partial charge in [0, 0.05) is 35.0 Å². The van der Waals surface area contributed by atoms with Crippen LogP contribution in [0.25, 0.3) is 0 Å². The minimum absolute atomic E-state index is 0.290. The number of thiophene rings is 1. The molecule has 3 heteroatoms. The quantitative estimate of drug-likeness (QED) is 0.854. The lowest BCUT2D eigenvalue weighted by Gasteiger charge is -2.43. The molecule has 2 nitrogen and oxygen atoms in total. The van der Waals surface area contributed by atoms with E-state index >= 15 is 0 Å². The van der Waals surface area contributed by atoms with Crippen LogP contribution in [-0.4, -0.2) is 36.1 Å². The van der Waals surface area contributed by atoms with Crippen molar-refractivity contribution in [1.29, 1.82) is 0 Å². The Bertz CT molecular complexity index is 426. The largest absolute Gasteiger partial charge is 0.314 e. The number of rotatable bonds is 6. The molecular formula is C18H30N2S. The lowest BCUT2D eigenvalue weighted by atomic mass is 9.87. The Labute approximate surface area is 133 Å². The molecule has 1 aromatic heterocycles. The van der Waals surface area contributed by atoms with E-state index < -0.39 is 0 Å². The summed E-state index contributed by atoms with van der Waals surface area (Å²) in [5.74, 6) is 0. The van der Waals surface area contributed by atoms with Crippen LogP contribution in [0.4, 0.5) is 0 Å². The summed E-state index contributed by atoms with van der Waals surface area (Å²) < 4.78 is 0. The zero-order valence-corrected chi connectivity index (χ0v) is 14.6. The molecule has 2 aliphatic heterocycles. The lowest BCUT2D eigenvalue weighted by molar-refractivity contribution is 0.0952. The second kappa shape index (κ2) is 6.39. The first-order valence-corrected chi connectivity index (χ1v) is 9.51. The van der Waals surface area contributed by atoms with Crippen LogP contribution in [0.1, 0.15) is 57.8 Å². The summed E-state index contributed by atoms with van der Waals surface area (Å²) in [6.07, 6.45) is 6.79. The number of hydrogen-bond donors (Lipinski definition) is 1. The first-order chi connectivity index (χ1) is 10.1. The molecule has 0 amide bonds. The summed E-state index contributed by atoms with van der Waals surface area (Å²) in [6.45, 7) is 9.51. The van der Waals surface area contributed by atoms with Crippen LogP contribution < -0.4 is 5.32 Å². The topological polar surface area (TPSA) is 15.3 Å². The first kappa shape index (κ1) is 15.5. The zero-order chi connectivity index (χ0) is 14.9. The van der Waals surface area contributed by atoms with Gasteiger partial charge in [-0.05, 0) is 50.1 Å². The highest BCUT2D eigenvalue weighted by atomic mass is 32.1. The molecule has 2 bridgehead atoms. The fourth-order valence-electron chi connectivity index (χ4n) is 4.25. The highest BCUT2D eigenvalue weighted by Crippen LogP contribution is 2.39. The molecule has 0 saturated carbocycles. The number of nitrogens with zero attached hydrogens (tertiary/aromatic N) is 1. The molecule has 3 heterocycles. The van der Waals surface area contributed by atoms with Crippen molar-refractivity contribution in [3.63, 3.8) is 0 Å². The van der Waals surface area contributed by atoms with Crippen LogP contribution in [0, 0.1) is 0 Å². The molecule has 0 aromatic carbocycles.